The van der Waals surface area contributed by atoms with Gasteiger partial charge in [0, 0.05) is 18.5 Å². The summed E-state index contributed by atoms with van der Waals surface area (Å²) in [5, 5.41) is 0. The van der Waals surface area contributed by atoms with Crippen molar-refractivity contribution in [2.75, 3.05) is 6.54 Å². The highest BCUT2D eigenvalue weighted by molar-refractivity contribution is 8.26. The molecule has 1 fully saturated rings. The van der Waals surface area contributed by atoms with Crippen LogP contribution in [0.25, 0.3) is 6.08 Å². The second-order valence-electron chi connectivity index (χ2n) is 6.90. The smallest absolute Gasteiger partial charge is 0.269 e. The Morgan fingerprint density at radius 1 is 1.06 bits per heavy atom. The SMILES string of the molecule is CCc1ccc(C=C2SC(=S)N(CCCC(=O)NNC(=O)c3ccccc3)C2=O)cc1. The van der Waals surface area contributed by atoms with Crippen LogP contribution in [-0.4, -0.2) is 33.5 Å². The van der Waals surface area contributed by atoms with Gasteiger partial charge in [0.2, 0.25) is 5.91 Å². The summed E-state index contributed by atoms with van der Waals surface area (Å²) in [7, 11) is 0. The molecule has 1 aliphatic rings. The highest BCUT2D eigenvalue weighted by Gasteiger charge is 2.31. The summed E-state index contributed by atoms with van der Waals surface area (Å²) in [6, 6.07) is 16.7. The van der Waals surface area contributed by atoms with Crippen LogP contribution >= 0.6 is 24.0 Å². The van der Waals surface area contributed by atoms with E-state index < -0.39 is 0 Å². The Labute approximate surface area is 191 Å². The van der Waals surface area contributed by atoms with Crippen molar-refractivity contribution < 1.29 is 14.4 Å². The summed E-state index contributed by atoms with van der Waals surface area (Å²) >= 11 is 6.61. The third-order valence-electron chi connectivity index (χ3n) is 4.70. The van der Waals surface area contributed by atoms with E-state index in [1.54, 1.807) is 30.3 Å². The lowest BCUT2D eigenvalue weighted by molar-refractivity contribution is -0.124. The van der Waals surface area contributed by atoms with Crippen LogP contribution in [-0.2, 0) is 16.0 Å². The van der Waals surface area contributed by atoms with Crippen molar-refractivity contribution in [3.63, 3.8) is 0 Å². The molecular formula is C23H23N3O3S2. The van der Waals surface area contributed by atoms with Crippen molar-refractivity contribution in [1.82, 2.24) is 15.8 Å². The van der Waals surface area contributed by atoms with Crippen LogP contribution < -0.4 is 10.9 Å². The zero-order chi connectivity index (χ0) is 22.2. The number of aryl methyl sites for hydroxylation is 1. The molecule has 0 atom stereocenters. The van der Waals surface area contributed by atoms with E-state index in [2.05, 4.69) is 17.8 Å². The fourth-order valence-electron chi connectivity index (χ4n) is 2.94. The molecule has 0 aromatic heterocycles. The minimum atomic E-state index is -0.386. The Morgan fingerprint density at radius 2 is 1.77 bits per heavy atom. The Bertz CT molecular complexity index is 1000. The maximum absolute atomic E-state index is 12.7. The van der Waals surface area contributed by atoms with Gasteiger partial charge in [-0.25, -0.2) is 0 Å². The predicted octanol–water partition coefficient (Wildman–Crippen LogP) is 3.69. The number of carbonyl (C=O) groups excluding carboxylic acids is 3. The van der Waals surface area contributed by atoms with Gasteiger partial charge in [-0.05, 0) is 42.2 Å². The number of amides is 3. The highest BCUT2D eigenvalue weighted by Crippen LogP contribution is 2.32. The van der Waals surface area contributed by atoms with E-state index >= 15 is 0 Å². The molecular weight excluding hydrogens is 430 g/mol. The largest absolute Gasteiger partial charge is 0.293 e. The number of nitrogens with zero attached hydrogens (tertiary/aromatic N) is 1. The molecule has 8 heteroatoms. The van der Waals surface area contributed by atoms with Gasteiger partial charge < -0.3 is 0 Å². The number of rotatable bonds is 7. The monoisotopic (exact) mass is 453 g/mol. The van der Waals surface area contributed by atoms with Crippen LogP contribution in [0.15, 0.2) is 59.5 Å². The molecule has 2 N–H and O–H groups in total. The second-order valence-corrected chi connectivity index (χ2v) is 8.58. The first-order chi connectivity index (χ1) is 15.0. The average Bonchev–Trinajstić information content (AvgIpc) is 3.05. The molecule has 0 radical (unpaired) electrons. The summed E-state index contributed by atoms with van der Waals surface area (Å²) < 4.78 is 0.485. The molecule has 31 heavy (non-hydrogen) atoms. The van der Waals surface area contributed by atoms with Crippen molar-refractivity contribution >= 4 is 52.1 Å². The zero-order valence-corrected chi connectivity index (χ0v) is 18.7. The maximum Gasteiger partial charge on any atom is 0.269 e. The van der Waals surface area contributed by atoms with Crippen LogP contribution in [0.4, 0.5) is 0 Å². The molecule has 160 valence electrons. The molecule has 1 saturated heterocycles. The average molecular weight is 454 g/mol. The van der Waals surface area contributed by atoms with Gasteiger partial charge in [-0.15, -0.1) is 0 Å². The summed E-state index contributed by atoms with van der Waals surface area (Å²) in [5.41, 5.74) is 7.41. The van der Waals surface area contributed by atoms with Crippen LogP contribution in [0.5, 0.6) is 0 Å². The summed E-state index contributed by atoms with van der Waals surface area (Å²) in [6.45, 7) is 2.44. The van der Waals surface area contributed by atoms with E-state index in [4.69, 9.17) is 12.2 Å². The minimum absolute atomic E-state index is 0.146. The van der Waals surface area contributed by atoms with Crippen LogP contribution in [0.3, 0.4) is 0 Å². The molecule has 0 saturated carbocycles. The number of hydrazine groups is 1. The molecule has 2 aromatic rings. The summed E-state index contributed by atoms with van der Waals surface area (Å²) in [6.07, 6.45) is 3.39. The molecule has 0 aliphatic carbocycles. The van der Waals surface area contributed by atoms with Gasteiger partial charge in [0.15, 0.2) is 0 Å². The maximum atomic E-state index is 12.7. The second kappa shape index (κ2) is 10.9. The van der Waals surface area contributed by atoms with Crippen LogP contribution in [0.1, 0.15) is 41.3 Å². The van der Waals surface area contributed by atoms with Crippen molar-refractivity contribution in [2.45, 2.75) is 26.2 Å². The standard InChI is InChI=1S/C23H23N3O3S2/c1-2-16-10-12-17(13-11-16)15-19-22(29)26(23(30)31-19)14-6-9-20(27)24-25-21(28)18-7-4-3-5-8-18/h3-5,7-8,10-13,15H,2,6,9,14H2,1H3,(H,24,27)(H,25,28). The first kappa shape index (κ1) is 22.7. The van der Waals surface area contributed by atoms with E-state index in [0.717, 1.165) is 12.0 Å². The van der Waals surface area contributed by atoms with Gasteiger partial charge in [0.25, 0.3) is 11.8 Å². The van der Waals surface area contributed by atoms with Crippen LogP contribution in [0.2, 0.25) is 0 Å². The molecule has 3 rings (SSSR count). The molecule has 0 bridgehead atoms. The van der Waals surface area contributed by atoms with E-state index in [0.29, 0.717) is 27.8 Å². The third-order valence-corrected chi connectivity index (χ3v) is 6.07. The topological polar surface area (TPSA) is 78.5 Å². The molecule has 3 amide bonds. The van der Waals surface area contributed by atoms with Gasteiger partial charge in [-0.2, -0.15) is 0 Å². The van der Waals surface area contributed by atoms with Crippen molar-refractivity contribution in [2.24, 2.45) is 0 Å². The minimum Gasteiger partial charge on any atom is -0.293 e. The number of thiocarbonyl (C=S) groups is 1. The number of hydrogen-bond donors (Lipinski definition) is 2. The molecule has 1 heterocycles. The van der Waals surface area contributed by atoms with Gasteiger partial charge >= 0.3 is 0 Å². The molecule has 1 aliphatic heterocycles. The van der Waals surface area contributed by atoms with E-state index in [9.17, 15) is 14.4 Å². The number of carbonyl (C=O) groups is 3. The number of hydrogen-bond acceptors (Lipinski definition) is 5. The van der Waals surface area contributed by atoms with Crippen molar-refractivity contribution in [3.8, 4) is 0 Å². The Morgan fingerprint density at radius 3 is 2.45 bits per heavy atom. The fraction of sp³-hybridized carbons (Fsp3) is 0.217. The van der Waals surface area contributed by atoms with E-state index in [1.807, 2.05) is 30.3 Å². The Kier molecular flexibility index (Phi) is 7.97. The first-order valence-electron chi connectivity index (χ1n) is 9.96. The van der Waals surface area contributed by atoms with Gasteiger partial charge in [0.05, 0.1) is 4.91 Å². The lowest BCUT2D eigenvalue weighted by atomic mass is 10.1. The lowest BCUT2D eigenvalue weighted by Gasteiger charge is -2.14. The normalized spacial score (nSPS) is 14.7. The fourth-order valence-corrected chi connectivity index (χ4v) is 4.25. The molecule has 0 unspecified atom stereocenters. The van der Waals surface area contributed by atoms with E-state index in [-0.39, 0.29) is 24.1 Å². The number of nitrogens with one attached hydrogen (secondary N) is 2. The van der Waals surface area contributed by atoms with Gasteiger partial charge in [-0.3, -0.25) is 30.1 Å². The number of thioether (sulfide) groups is 1. The van der Waals surface area contributed by atoms with E-state index in [1.165, 1.54) is 22.2 Å². The zero-order valence-electron chi connectivity index (χ0n) is 17.1. The molecule has 2 aromatic carbocycles. The van der Waals surface area contributed by atoms with Gasteiger partial charge in [0.1, 0.15) is 4.32 Å². The quantitative estimate of drug-likeness (QED) is 0.380. The van der Waals surface area contributed by atoms with Gasteiger partial charge in [-0.1, -0.05) is 73.4 Å². The summed E-state index contributed by atoms with van der Waals surface area (Å²) in [5.74, 6) is -0.864. The van der Waals surface area contributed by atoms with Crippen molar-refractivity contribution in [3.05, 3.63) is 76.2 Å². The first-order valence-corrected chi connectivity index (χ1v) is 11.2. The van der Waals surface area contributed by atoms with Crippen molar-refractivity contribution in [1.29, 1.82) is 0 Å². The molecule has 6 nitrogen and oxygen atoms in total. The van der Waals surface area contributed by atoms with Crippen LogP contribution in [0, 0.1) is 0 Å². The number of benzene rings is 2. The Hall–Kier alpha value is -2.97. The summed E-state index contributed by atoms with van der Waals surface area (Å²) in [4.78, 5) is 38.7. The Balaban J connectivity index is 1.46. The lowest BCUT2D eigenvalue weighted by Crippen LogP contribution is -2.41. The predicted molar refractivity (Wildman–Crippen MR) is 127 cm³/mol. The third kappa shape index (κ3) is 6.26. The molecule has 0 spiro atoms. The highest BCUT2D eigenvalue weighted by atomic mass is 32.2.